The lowest BCUT2D eigenvalue weighted by atomic mass is 10.1. The number of methoxy groups -OCH3 is 1. The highest BCUT2D eigenvalue weighted by Gasteiger charge is 2.12. The van der Waals surface area contributed by atoms with E-state index in [1.807, 2.05) is 13.8 Å². The number of ether oxygens (including phenoxy) is 2. The highest BCUT2D eigenvalue weighted by atomic mass is 16.5. The van der Waals surface area contributed by atoms with Crippen LogP contribution in [0.25, 0.3) is 0 Å². The third kappa shape index (κ3) is 5.30. The summed E-state index contributed by atoms with van der Waals surface area (Å²) in [5, 5.41) is 2.84. The van der Waals surface area contributed by atoms with E-state index in [0.29, 0.717) is 24.3 Å². The molecule has 1 N–H and O–H groups in total. The van der Waals surface area contributed by atoms with E-state index in [4.69, 9.17) is 4.74 Å². The number of esters is 1. The zero-order chi connectivity index (χ0) is 15.0. The van der Waals surface area contributed by atoms with Crippen molar-refractivity contribution in [1.82, 2.24) is 5.32 Å². The zero-order valence-corrected chi connectivity index (χ0v) is 12.1. The number of nitrogens with one attached hydrogen (secondary N) is 1. The van der Waals surface area contributed by atoms with Gasteiger partial charge < -0.3 is 14.8 Å². The third-order valence-corrected chi connectivity index (χ3v) is 2.79. The minimum Gasteiger partial charge on any atom is -0.494 e. The molecule has 110 valence electrons. The fourth-order valence-corrected chi connectivity index (χ4v) is 1.71. The van der Waals surface area contributed by atoms with Gasteiger partial charge >= 0.3 is 5.97 Å². The van der Waals surface area contributed by atoms with Crippen LogP contribution in [0.5, 0.6) is 5.75 Å². The van der Waals surface area contributed by atoms with Gasteiger partial charge in [0.25, 0.3) is 5.91 Å². The highest BCUT2D eigenvalue weighted by Crippen LogP contribution is 2.13. The maximum atomic E-state index is 12.0. The number of carbonyl (C=O) groups excluding carboxylic acids is 2. The van der Waals surface area contributed by atoms with Crippen molar-refractivity contribution in [2.45, 2.75) is 32.7 Å². The fraction of sp³-hybridized carbons (Fsp3) is 0.467. The molecule has 0 saturated heterocycles. The van der Waals surface area contributed by atoms with Crippen LogP contribution in [0.4, 0.5) is 0 Å². The average molecular weight is 279 g/mol. The Kier molecular flexibility index (Phi) is 6.56. The van der Waals surface area contributed by atoms with Crippen LogP contribution >= 0.6 is 0 Å². The van der Waals surface area contributed by atoms with Crippen LogP contribution < -0.4 is 10.1 Å². The monoisotopic (exact) mass is 279 g/mol. The maximum absolute atomic E-state index is 12.0. The molecule has 1 atom stereocenters. The molecule has 0 aromatic heterocycles. The maximum Gasteiger partial charge on any atom is 0.305 e. The summed E-state index contributed by atoms with van der Waals surface area (Å²) >= 11 is 0. The molecule has 0 radical (unpaired) electrons. The molecule has 20 heavy (non-hydrogen) atoms. The molecule has 0 heterocycles. The van der Waals surface area contributed by atoms with Crippen LogP contribution in [-0.2, 0) is 9.53 Å². The Hall–Kier alpha value is -2.04. The first kappa shape index (κ1) is 16.0. The van der Waals surface area contributed by atoms with Crippen molar-refractivity contribution in [3.63, 3.8) is 0 Å². The first-order chi connectivity index (χ1) is 9.56. The average Bonchev–Trinajstić information content (AvgIpc) is 2.45. The van der Waals surface area contributed by atoms with E-state index < -0.39 is 0 Å². The predicted octanol–water partition coefficient (Wildman–Crippen LogP) is 2.16. The van der Waals surface area contributed by atoms with Crippen molar-refractivity contribution in [1.29, 1.82) is 0 Å². The van der Waals surface area contributed by atoms with E-state index in [9.17, 15) is 9.59 Å². The van der Waals surface area contributed by atoms with Gasteiger partial charge in [-0.1, -0.05) is 6.07 Å². The topological polar surface area (TPSA) is 64.6 Å². The standard InChI is InChI=1S/C15H21NO4/c1-4-20-13-7-5-6-12(10-13)15(18)16-11(2)8-9-14(17)19-3/h5-7,10-11H,4,8-9H2,1-3H3,(H,16,18)/t11-/m0/s1. The molecule has 5 heteroatoms. The summed E-state index contributed by atoms with van der Waals surface area (Å²) in [5.74, 6) is 0.218. The molecule has 1 aromatic rings. The van der Waals surface area contributed by atoms with E-state index in [1.165, 1.54) is 7.11 Å². The van der Waals surface area contributed by atoms with Gasteiger partial charge in [0.1, 0.15) is 5.75 Å². The number of rotatable bonds is 7. The molecule has 0 unspecified atom stereocenters. The Labute approximate surface area is 119 Å². The van der Waals surface area contributed by atoms with E-state index >= 15 is 0 Å². The first-order valence-electron chi connectivity index (χ1n) is 6.67. The van der Waals surface area contributed by atoms with E-state index in [0.717, 1.165) is 0 Å². The molecule has 1 aromatic carbocycles. The summed E-state index contributed by atoms with van der Waals surface area (Å²) in [7, 11) is 1.35. The number of amides is 1. The van der Waals surface area contributed by atoms with Gasteiger partial charge in [-0.15, -0.1) is 0 Å². The second-order valence-corrected chi connectivity index (χ2v) is 4.45. The SMILES string of the molecule is CCOc1cccc(C(=O)N[C@@H](C)CCC(=O)OC)c1. The second kappa shape index (κ2) is 8.19. The van der Waals surface area contributed by atoms with Gasteiger partial charge in [0, 0.05) is 18.0 Å². The molecule has 0 aliphatic rings. The Morgan fingerprint density at radius 3 is 2.75 bits per heavy atom. The van der Waals surface area contributed by atoms with Gasteiger partial charge in [0.15, 0.2) is 0 Å². The van der Waals surface area contributed by atoms with Gasteiger partial charge in [-0.25, -0.2) is 0 Å². The predicted molar refractivity (Wildman–Crippen MR) is 75.8 cm³/mol. The molecule has 1 amide bonds. The van der Waals surface area contributed by atoms with Gasteiger partial charge in [0.2, 0.25) is 0 Å². The first-order valence-corrected chi connectivity index (χ1v) is 6.67. The molecule has 0 fully saturated rings. The van der Waals surface area contributed by atoms with Gasteiger partial charge in [-0.05, 0) is 38.5 Å². The molecule has 0 saturated carbocycles. The van der Waals surface area contributed by atoms with Crippen molar-refractivity contribution in [3.05, 3.63) is 29.8 Å². The molecular formula is C15H21NO4. The van der Waals surface area contributed by atoms with Gasteiger partial charge in [0.05, 0.1) is 13.7 Å². The summed E-state index contributed by atoms with van der Waals surface area (Å²) in [5.41, 5.74) is 0.542. The molecule has 0 spiro atoms. The lowest BCUT2D eigenvalue weighted by Gasteiger charge is -2.13. The third-order valence-electron chi connectivity index (χ3n) is 2.79. The summed E-state index contributed by atoms with van der Waals surface area (Å²) < 4.78 is 9.92. The summed E-state index contributed by atoms with van der Waals surface area (Å²) in [6.07, 6.45) is 0.834. The molecule has 1 rings (SSSR count). The van der Waals surface area contributed by atoms with Crippen molar-refractivity contribution in [3.8, 4) is 5.75 Å². The second-order valence-electron chi connectivity index (χ2n) is 4.45. The largest absolute Gasteiger partial charge is 0.494 e. The minimum atomic E-state index is -0.274. The molecular weight excluding hydrogens is 258 g/mol. The van der Waals surface area contributed by atoms with Crippen LogP contribution in [0, 0.1) is 0 Å². The van der Waals surface area contributed by atoms with Gasteiger partial charge in [-0.3, -0.25) is 9.59 Å². The smallest absolute Gasteiger partial charge is 0.305 e. The van der Waals surface area contributed by atoms with Gasteiger partial charge in [-0.2, -0.15) is 0 Å². The number of benzene rings is 1. The van der Waals surface area contributed by atoms with Crippen molar-refractivity contribution in [2.24, 2.45) is 0 Å². The lowest BCUT2D eigenvalue weighted by molar-refractivity contribution is -0.140. The number of hydrogen-bond acceptors (Lipinski definition) is 4. The van der Waals surface area contributed by atoms with Crippen molar-refractivity contribution >= 4 is 11.9 Å². The van der Waals surface area contributed by atoms with Crippen molar-refractivity contribution < 1.29 is 19.1 Å². The minimum absolute atomic E-state index is 0.0997. The van der Waals surface area contributed by atoms with E-state index in [-0.39, 0.29) is 24.3 Å². The van der Waals surface area contributed by atoms with Crippen LogP contribution in [0.15, 0.2) is 24.3 Å². The number of hydrogen-bond donors (Lipinski definition) is 1. The van der Waals surface area contributed by atoms with Crippen LogP contribution in [-0.4, -0.2) is 31.6 Å². The summed E-state index contributed by atoms with van der Waals surface area (Å²) in [6.45, 7) is 4.30. The van der Waals surface area contributed by atoms with E-state index in [2.05, 4.69) is 10.1 Å². The Balaban J connectivity index is 2.53. The quantitative estimate of drug-likeness (QED) is 0.777. The van der Waals surface area contributed by atoms with Crippen LogP contribution in [0.1, 0.15) is 37.0 Å². The Morgan fingerprint density at radius 2 is 2.10 bits per heavy atom. The normalized spacial score (nSPS) is 11.6. The molecule has 0 aliphatic carbocycles. The zero-order valence-electron chi connectivity index (χ0n) is 12.1. The van der Waals surface area contributed by atoms with Crippen molar-refractivity contribution in [2.75, 3.05) is 13.7 Å². The Bertz CT molecular complexity index is 459. The lowest BCUT2D eigenvalue weighted by Crippen LogP contribution is -2.33. The van der Waals surface area contributed by atoms with E-state index in [1.54, 1.807) is 24.3 Å². The molecule has 5 nitrogen and oxygen atoms in total. The highest BCUT2D eigenvalue weighted by molar-refractivity contribution is 5.94. The van der Waals surface area contributed by atoms with Crippen LogP contribution in [0.2, 0.25) is 0 Å². The molecule has 0 aliphatic heterocycles. The molecule has 0 bridgehead atoms. The fourth-order valence-electron chi connectivity index (χ4n) is 1.71. The Morgan fingerprint density at radius 1 is 1.35 bits per heavy atom. The summed E-state index contributed by atoms with van der Waals surface area (Å²) in [6, 6.07) is 6.91. The number of carbonyl (C=O) groups is 2. The summed E-state index contributed by atoms with van der Waals surface area (Å²) in [4.78, 5) is 23.1. The van der Waals surface area contributed by atoms with Crippen LogP contribution in [0.3, 0.4) is 0 Å².